The first-order valence-electron chi connectivity index (χ1n) is 6.26. The average molecular weight is 250 g/mol. The number of carbonyl (C=O) groups is 1. The molecule has 0 heterocycles. The number of aromatic hydroxyl groups is 1. The Labute approximate surface area is 109 Å². The van der Waals surface area contributed by atoms with Crippen molar-refractivity contribution in [3.63, 3.8) is 0 Å². The van der Waals surface area contributed by atoms with Crippen molar-refractivity contribution in [2.45, 2.75) is 25.8 Å². The molecule has 0 fully saturated rings. The Morgan fingerprint density at radius 3 is 2.72 bits per heavy atom. The molecular formula is C14H22N2O2. The van der Waals surface area contributed by atoms with Gasteiger partial charge in [-0.25, -0.2) is 0 Å². The minimum Gasteiger partial charge on any atom is -0.508 e. The number of nitrogens with one attached hydrogen (secondary N) is 1. The quantitative estimate of drug-likeness (QED) is 0.758. The molecule has 4 nitrogen and oxygen atoms in total. The molecule has 0 radical (unpaired) electrons. The minimum absolute atomic E-state index is 0.0982. The molecule has 1 aromatic carbocycles. The van der Waals surface area contributed by atoms with Gasteiger partial charge < -0.3 is 15.3 Å². The summed E-state index contributed by atoms with van der Waals surface area (Å²) in [7, 11) is 3.65. The van der Waals surface area contributed by atoms with Gasteiger partial charge in [-0.05, 0) is 33.0 Å². The molecule has 4 heteroatoms. The van der Waals surface area contributed by atoms with Gasteiger partial charge in [0, 0.05) is 19.0 Å². The topological polar surface area (TPSA) is 52.6 Å². The lowest BCUT2D eigenvalue weighted by Crippen LogP contribution is -2.30. The molecule has 0 aliphatic heterocycles. The van der Waals surface area contributed by atoms with E-state index >= 15 is 0 Å². The van der Waals surface area contributed by atoms with Crippen LogP contribution in [0.25, 0.3) is 0 Å². The molecule has 0 spiro atoms. The maximum atomic E-state index is 12.0. The van der Waals surface area contributed by atoms with E-state index in [0.29, 0.717) is 6.42 Å². The van der Waals surface area contributed by atoms with Gasteiger partial charge in [-0.3, -0.25) is 4.79 Å². The van der Waals surface area contributed by atoms with Gasteiger partial charge in [-0.1, -0.05) is 18.2 Å². The summed E-state index contributed by atoms with van der Waals surface area (Å²) in [6, 6.07) is 7.02. The molecule has 0 aliphatic rings. The zero-order valence-corrected chi connectivity index (χ0v) is 11.3. The predicted octanol–water partition coefficient (Wildman–Crippen LogP) is 1.91. The van der Waals surface area contributed by atoms with Crippen molar-refractivity contribution in [3.8, 4) is 5.75 Å². The third kappa shape index (κ3) is 3.74. The Hall–Kier alpha value is -1.55. The first kappa shape index (κ1) is 14.5. The highest BCUT2D eigenvalue weighted by atomic mass is 16.3. The van der Waals surface area contributed by atoms with E-state index in [-0.39, 0.29) is 17.7 Å². The number of hydrogen-bond acceptors (Lipinski definition) is 3. The van der Waals surface area contributed by atoms with E-state index in [1.807, 2.05) is 26.1 Å². The van der Waals surface area contributed by atoms with Crippen molar-refractivity contribution in [2.24, 2.45) is 0 Å². The highest BCUT2D eigenvalue weighted by molar-refractivity contribution is 5.76. The Balaban J connectivity index is 2.63. The van der Waals surface area contributed by atoms with E-state index in [4.69, 9.17) is 0 Å². The molecule has 1 rings (SSSR count). The number of nitrogens with zero attached hydrogens (tertiary/aromatic N) is 1. The summed E-state index contributed by atoms with van der Waals surface area (Å²) in [4.78, 5) is 13.6. The van der Waals surface area contributed by atoms with Crippen LogP contribution in [0.4, 0.5) is 0 Å². The monoisotopic (exact) mass is 250 g/mol. The molecule has 100 valence electrons. The first-order valence-corrected chi connectivity index (χ1v) is 6.26. The van der Waals surface area contributed by atoms with Crippen LogP contribution in [-0.2, 0) is 4.79 Å². The highest BCUT2D eigenvalue weighted by Crippen LogP contribution is 2.27. The lowest BCUT2D eigenvalue weighted by Gasteiger charge is -2.26. The number of rotatable bonds is 6. The average Bonchev–Trinajstić information content (AvgIpc) is 2.38. The van der Waals surface area contributed by atoms with Crippen LogP contribution >= 0.6 is 0 Å². The van der Waals surface area contributed by atoms with Crippen LogP contribution in [0.15, 0.2) is 24.3 Å². The third-order valence-corrected chi connectivity index (χ3v) is 3.18. The van der Waals surface area contributed by atoms with Gasteiger partial charge in [0.05, 0.1) is 6.04 Å². The van der Waals surface area contributed by atoms with Crippen molar-refractivity contribution < 1.29 is 9.90 Å². The third-order valence-electron chi connectivity index (χ3n) is 3.18. The molecule has 1 unspecified atom stereocenters. The maximum Gasteiger partial charge on any atom is 0.222 e. The minimum atomic E-state index is -0.117. The van der Waals surface area contributed by atoms with Crippen LogP contribution in [0.3, 0.4) is 0 Å². The summed E-state index contributed by atoms with van der Waals surface area (Å²) >= 11 is 0. The molecular weight excluding hydrogens is 228 g/mol. The summed E-state index contributed by atoms with van der Waals surface area (Å²) in [6.45, 7) is 2.76. The van der Waals surface area contributed by atoms with Gasteiger partial charge >= 0.3 is 0 Å². The molecule has 2 N–H and O–H groups in total. The Bertz CT molecular complexity index is 393. The summed E-state index contributed by atoms with van der Waals surface area (Å²) in [5, 5.41) is 12.8. The second-order valence-corrected chi connectivity index (χ2v) is 4.45. The molecule has 1 amide bonds. The molecule has 18 heavy (non-hydrogen) atoms. The van der Waals surface area contributed by atoms with E-state index in [9.17, 15) is 9.90 Å². The molecule has 0 aromatic heterocycles. The lowest BCUT2D eigenvalue weighted by atomic mass is 10.1. The Morgan fingerprint density at radius 2 is 2.11 bits per heavy atom. The number of phenolic OH excluding ortho intramolecular Hbond substituents is 1. The fourth-order valence-corrected chi connectivity index (χ4v) is 1.86. The van der Waals surface area contributed by atoms with Crippen molar-refractivity contribution >= 4 is 5.91 Å². The van der Waals surface area contributed by atoms with Crippen LogP contribution in [0.5, 0.6) is 5.75 Å². The molecule has 0 saturated heterocycles. The van der Waals surface area contributed by atoms with Gasteiger partial charge in [0.25, 0.3) is 0 Å². The molecule has 0 saturated carbocycles. The lowest BCUT2D eigenvalue weighted by molar-refractivity contribution is -0.131. The van der Waals surface area contributed by atoms with Crippen LogP contribution < -0.4 is 5.32 Å². The van der Waals surface area contributed by atoms with E-state index in [2.05, 4.69) is 5.32 Å². The normalized spacial score (nSPS) is 12.2. The van der Waals surface area contributed by atoms with Gasteiger partial charge in [0.1, 0.15) is 5.75 Å². The number of benzene rings is 1. The van der Waals surface area contributed by atoms with Gasteiger partial charge in [0.2, 0.25) is 5.91 Å². The van der Waals surface area contributed by atoms with Crippen molar-refractivity contribution in [3.05, 3.63) is 29.8 Å². The van der Waals surface area contributed by atoms with Crippen molar-refractivity contribution in [2.75, 3.05) is 20.6 Å². The van der Waals surface area contributed by atoms with Gasteiger partial charge in [0.15, 0.2) is 0 Å². The molecule has 1 aromatic rings. The summed E-state index contributed by atoms with van der Waals surface area (Å²) in [6.07, 6.45) is 1.35. The highest BCUT2D eigenvalue weighted by Gasteiger charge is 2.18. The van der Waals surface area contributed by atoms with E-state index in [1.165, 1.54) is 0 Å². The molecule has 0 aliphatic carbocycles. The standard InChI is InChI=1S/C14H22N2O2/c1-11(12-7-4-5-8-13(12)17)16(3)14(18)9-6-10-15-2/h4-5,7-8,11,15,17H,6,9-10H2,1-3H3. The maximum absolute atomic E-state index is 12.0. The Morgan fingerprint density at radius 1 is 1.44 bits per heavy atom. The zero-order chi connectivity index (χ0) is 13.5. The first-order chi connectivity index (χ1) is 8.57. The number of para-hydroxylation sites is 1. The van der Waals surface area contributed by atoms with Gasteiger partial charge in [-0.15, -0.1) is 0 Å². The fraction of sp³-hybridized carbons (Fsp3) is 0.500. The van der Waals surface area contributed by atoms with Crippen molar-refractivity contribution in [1.29, 1.82) is 0 Å². The molecule has 0 bridgehead atoms. The fourth-order valence-electron chi connectivity index (χ4n) is 1.86. The van der Waals surface area contributed by atoms with Crippen LogP contribution in [-0.4, -0.2) is 36.6 Å². The number of amides is 1. The largest absolute Gasteiger partial charge is 0.508 e. The zero-order valence-electron chi connectivity index (χ0n) is 11.3. The number of carbonyl (C=O) groups excluding carboxylic acids is 1. The SMILES string of the molecule is CNCCCC(=O)N(C)C(C)c1ccccc1O. The summed E-state index contributed by atoms with van der Waals surface area (Å²) < 4.78 is 0. The summed E-state index contributed by atoms with van der Waals surface area (Å²) in [5.41, 5.74) is 0.780. The van der Waals surface area contributed by atoms with E-state index in [1.54, 1.807) is 24.1 Å². The number of phenols is 1. The van der Waals surface area contributed by atoms with Crippen LogP contribution in [0.1, 0.15) is 31.4 Å². The van der Waals surface area contributed by atoms with Crippen molar-refractivity contribution in [1.82, 2.24) is 10.2 Å². The second-order valence-electron chi connectivity index (χ2n) is 4.45. The molecule has 1 atom stereocenters. The van der Waals surface area contributed by atoms with Crippen LogP contribution in [0.2, 0.25) is 0 Å². The number of hydrogen-bond donors (Lipinski definition) is 2. The van der Waals surface area contributed by atoms with E-state index in [0.717, 1.165) is 18.5 Å². The smallest absolute Gasteiger partial charge is 0.222 e. The van der Waals surface area contributed by atoms with Gasteiger partial charge in [-0.2, -0.15) is 0 Å². The van der Waals surface area contributed by atoms with E-state index < -0.39 is 0 Å². The van der Waals surface area contributed by atoms with Crippen LogP contribution in [0, 0.1) is 0 Å². The predicted molar refractivity (Wildman–Crippen MR) is 72.5 cm³/mol. The summed E-state index contributed by atoms with van der Waals surface area (Å²) in [5.74, 6) is 0.334. The Kier molecular flexibility index (Phi) is 5.65. The second kappa shape index (κ2) is 7.01.